The standard InChI is InChI=1S/C18H22ClNO2/c19-16-8-6-15(7-9-16)18(21)17(14-4-2-1-3-5-14)20-10-12-22-13-11-20/h4,6-9,17H,1-3,5,10-13H2. The number of morpholine rings is 1. The zero-order valence-electron chi connectivity index (χ0n) is 12.8. The highest BCUT2D eigenvalue weighted by Crippen LogP contribution is 2.27. The van der Waals surface area contributed by atoms with Gasteiger partial charge in [0.15, 0.2) is 5.78 Å². The third-order valence-electron chi connectivity index (χ3n) is 4.47. The van der Waals surface area contributed by atoms with E-state index in [4.69, 9.17) is 16.3 Å². The molecule has 1 atom stereocenters. The predicted molar refractivity (Wildman–Crippen MR) is 88.5 cm³/mol. The number of ether oxygens (including phenoxy) is 1. The summed E-state index contributed by atoms with van der Waals surface area (Å²) in [5, 5.41) is 0.663. The number of hydrogen-bond acceptors (Lipinski definition) is 3. The molecule has 1 unspecified atom stereocenters. The van der Waals surface area contributed by atoms with Crippen molar-refractivity contribution in [1.29, 1.82) is 0 Å². The average Bonchev–Trinajstić information content (AvgIpc) is 2.57. The molecule has 0 spiro atoms. The second-order valence-corrected chi connectivity index (χ2v) is 6.38. The lowest BCUT2D eigenvalue weighted by atomic mass is 9.88. The molecule has 0 amide bonds. The van der Waals surface area contributed by atoms with Gasteiger partial charge in [0.1, 0.15) is 0 Å². The Morgan fingerprint density at radius 1 is 1.14 bits per heavy atom. The smallest absolute Gasteiger partial charge is 0.184 e. The Hall–Kier alpha value is -1.16. The van der Waals surface area contributed by atoms with Gasteiger partial charge >= 0.3 is 0 Å². The van der Waals surface area contributed by atoms with Crippen LogP contribution in [0.5, 0.6) is 0 Å². The molecule has 1 saturated heterocycles. The SMILES string of the molecule is O=C(c1ccc(Cl)cc1)C(C1=CCCCC1)N1CCOCC1. The van der Waals surface area contributed by atoms with E-state index in [-0.39, 0.29) is 11.8 Å². The highest BCUT2D eigenvalue weighted by molar-refractivity contribution is 6.30. The molecule has 0 N–H and O–H groups in total. The van der Waals surface area contributed by atoms with Gasteiger partial charge in [0, 0.05) is 23.7 Å². The number of halogens is 1. The molecule has 118 valence electrons. The van der Waals surface area contributed by atoms with Crippen LogP contribution in [0.3, 0.4) is 0 Å². The minimum Gasteiger partial charge on any atom is -0.379 e. The van der Waals surface area contributed by atoms with Crippen LogP contribution < -0.4 is 0 Å². The summed E-state index contributed by atoms with van der Waals surface area (Å²) in [5.74, 6) is 0.187. The van der Waals surface area contributed by atoms with Crippen LogP contribution in [0.4, 0.5) is 0 Å². The maximum atomic E-state index is 13.1. The van der Waals surface area contributed by atoms with E-state index in [9.17, 15) is 4.79 Å². The van der Waals surface area contributed by atoms with Crippen molar-refractivity contribution in [3.05, 3.63) is 46.5 Å². The van der Waals surface area contributed by atoms with Gasteiger partial charge in [-0.1, -0.05) is 17.7 Å². The van der Waals surface area contributed by atoms with Gasteiger partial charge in [0.25, 0.3) is 0 Å². The molecule has 1 aliphatic heterocycles. The molecule has 3 nitrogen and oxygen atoms in total. The summed E-state index contributed by atoms with van der Waals surface area (Å²) in [7, 11) is 0. The Labute approximate surface area is 136 Å². The van der Waals surface area contributed by atoms with Crippen LogP contribution in [-0.2, 0) is 4.74 Å². The van der Waals surface area contributed by atoms with E-state index in [1.807, 2.05) is 12.1 Å². The van der Waals surface area contributed by atoms with Gasteiger partial charge < -0.3 is 4.74 Å². The number of nitrogens with zero attached hydrogens (tertiary/aromatic N) is 1. The molecule has 1 aromatic rings. The van der Waals surface area contributed by atoms with E-state index in [0.29, 0.717) is 18.2 Å². The third kappa shape index (κ3) is 3.60. The van der Waals surface area contributed by atoms with Gasteiger partial charge in [0.2, 0.25) is 0 Å². The summed E-state index contributed by atoms with van der Waals surface area (Å²) >= 11 is 5.94. The van der Waals surface area contributed by atoms with Crippen LogP contribution in [0, 0.1) is 0 Å². The van der Waals surface area contributed by atoms with Gasteiger partial charge in [-0.25, -0.2) is 0 Å². The van der Waals surface area contributed by atoms with Gasteiger partial charge in [-0.2, -0.15) is 0 Å². The van der Waals surface area contributed by atoms with Crippen LogP contribution in [-0.4, -0.2) is 43.0 Å². The molecule has 0 radical (unpaired) electrons. The Bertz CT molecular complexity index is 547. The Morgan fingerprint density at radius 2 is 1.86 bits per heavy atom. The zero-order chi connectivity index (χ0) is 15.4. The molecule has 1 aliphatic carbocycles. The number of carbonyl (C=O) groups is 1. The van der Waals surface area contributed by atoms with Crippen molar-refractivity contribution in [3.63, 3.8) is 0 Å². The van der Waals surface area contributed by atoms with E-state index in [0.717, 1.165) is 31.5 Å². The first-order valence-corrected chi connectivity index (χ1v) is 8.44. The Kier molecular flexibility index (Phi) is 5.29. The number of hydrogen-bond donors (Lipinski definition) is 0. The van der Waals surface area contributed by atoms with Gasteiger partial charge in [-0.05, 0) is 55.5 Å². The lowest BCUT2D eigenvalue weighted by Gasteiger charge is -2.36. The highest BCUT2D eigenvalue weighted by Gasteiger charge is 2.31. The van der Waals surface area contributed by atoms with Crippen LogP contribution in [0.25, 0.3) is 0 Å². The quantitative estimate of drug-likeness (QED) is 0.625. The van der Waals surface area contributed by atoms with Crippen LogP contribution >= 0.6 is 11.6 Å². The first-order valence-electron chi connectivity index (χ1n) is 8.06. The minimum atomic E-state index is -0.134. The van der Waals surface area contributed by atoms with Crippen molar-refractivity contribution >= 4 is 17.4 Å². The monoisotopic (exact) mass is 319 g/mol. The molecule has 22 heavy (non-hydrogen) atoms. The third-order valence-corrected chi connectivity index (χ3v) is 4.72. The van der Waals surface area contributed by atoms with Crippen molar-refractivity contribution in [2.75, 3.05) is 26.3 Å². The number of allylic oxidation sites excluding steroid dienone is 1. The van der Waals surface area contributed by atoms with Gasteiger partial charge in [-0.3, -0.25) is 9.69 Å². The molecule has 3 rings (SSSR count). The molecule has 2 aliphatic rings. The van der Waals surface area contributed by atoms with Crippen molar-refractivity contribution < 1.29 is 9.53 Å². The molecular formula is C18H22ClNO2. The topological polar surface area (TPSA) is 29.5 Å². The fraction of sp³-hybridized carbons (Fsp3) is 0.500. The molecule has 0 bridgehead atoms. The summed E-state index contributed by atoms with van der Waals surface area (Å²) in [5.41, 5.74) is 2.03. The molecule has 1 heterocycles. The Morgan fingerprint density at radius 3 is 2.50 bits per heavy atom. The Balaban J connectivity index is 1.87. The molecule has 1 fully saturated rings. The lowest BCUT2D eigenvalue weighted by Crippen LogP contribution is -2.48. The second kappa shape index (κ2) is 7.40. The van der Waals surface area contributed by atoms with Crippen molar-refractivity contribution in [1.82, 2.24) is 4.90 Å². The number of carbonyl (C=O) groups excluding carboxylic acids is 1. The van der Waals surface area contributed by atoms with Crippen LogP contribution in [0.2, 0.25) is 5.02 Å². The maximum absolute atomic E-state index is 13.1. The summed E-state index contributed by atoms with van der Waals surface area (Å²) in [6.45, 7) is 3.05. The zero-order valence-corrected chi connectivity index (χ0v) is 13.5. The van der Waals surface area contributed by atoms with Crippen LogP contribution in [0.15, 0.2) is 35.9 Å². The number of ketones is 1. The summed E-state index contributed by atoms with van der Waals surface area (Å²) in [6.07, 6.45) is 6.80. The van der Waals surface area contributed by atoms with Crippen molar-refractivity contribution in [2.24, 2.45) is 0 Å². The second-order valence-electron chi connectivity index (χ2n) is 5.95. The molecular weight excluding hydrogens is 298 g/mol. The number of Topliss-reactive ketones (excluding diaryl/α,β-unsaturated/α-hetero) is 1. The molecule has 4 heteroatoms. The summed E-state index contributed by atoms with van der Waals surface area (Å²) in [4.78, 5) is 15.4. The molecule has 0 saturated carbocycles. The van der Waals surface area contributed by atoms with E-state index in [2.05, 4.69) is 11.0 Å². The van der Waals surface area contributed by atoms with Crippen LogP contribution in [0.1, 0.15) is 36.0 Å². The fourth-order valence-electron chi connectivity index (χ4n) is 3.29. The highest BCUT2D eigenvalue weighted by atomic mass is 35.5. The van der Waals surface area contributed by atoms with Gasteiger partial charge in [-0.15, -0.1) is 0 Å². The average molecular weight is 320 g/mol. The van der Waals surface area contributed by atoms with Crippen molar-refractivity contribution in [3.8, 4) is 0 Å². The predicted octanol–water partition coefficient (Wildman–Crippen LogP) is 3.72. The lowest BCUT2D eigenvalue weighted by molar-refractivity contribution is 0.0230. The minimum absolute atomic E-state index is 0.134. The first-order chi connectivity index (χ1) is 10.8. The normalized spacial score (nSPS) is 21.2. The molecule has 0 aromatic heterocycles. The fourth-order valence-corrected chi connectivity index (χ4v) is 3.41. The van der Waals surface area contributed by atoms with Gasteiger partial charge in [0.05, 0.1) is 19.3 Å². The van der Waals surface area contributed by atoms with E-state index < -0.39 is 0 Å². The van der Waals surface area contributed by atoms with E-state index in [1.54, 1.807) is 12.1 Å². The summed E-state index contributed by atoms with van der Waals surface area (Å²) in [6, 6.07) is 7.12. The summed E-state index contributed by atoms with van der Waals surface area (Å²) < 4.78 is 5.45. The van der Waals surface area contributed by atoms with Crippen molar-refractivity contribution in [2.45, 2.75) is 31.7 Å². The number of benzene rings is 1. The largest absolute Gasteiger partial charge is 0.379 e. The van der Waals surface area contributed by atoms with E-state index in [1.165, 1.54) is 18.4 Å². The van der Waals surface area contributed by atoms with E-state index >= 15 is 0 Å². The first kappa shape index (κ1) is 15.7. The maximum Gasteiger partial charge on any atom is 0.184 e. The molecule has 1 aromatic carbocycles. The number of rotatable bonds is 4.